The lowest BCUT2D eigenvalue weighted by molar-refractivity contribution is -0.124. The van der Waals surface area contributed by atoms with Crippen LogP contribution in [-0.4, -0.2) is 36.9 Å². The van der Waals surface area contributed by atoms with Crippen LogP contribution < -0.4 is 10.6 Å². The van der Waals surface area contributed by atoms with E-state index in [1.165, 1.54) is 10.4 Å². The average Bonchev–Trinajstić information content (AvgIpc) is 2.95. The fraction of sp³-hybridized carbons (Fsp3) is 0.368. The molecule has 2 amide bonds. The number of benzene rings is 1. The van der Waals surface area contributed by atoms with Crippen LogP contribution in [0.3, 0.4) is 0 Å². The van der Waals surface area contributed by atoms with Gasteiger partial charge in [-0.05, 0) is 62.0 Å². The maximum atomic E-state index is 12.0. The quantitative estimate of drug-likeness (QED) is 0.799. The molecule has 0 spiro atoms. The molecule has 0 bridgehead atoms. The van der Waals surface area contributed by atoms with Crippen LogP contribution in [0.25, 0.3) is 0 Å². The first-order valence-electron chi connectivity index (χ1n) is 8.21. The molecule has 0 saturated carbocycles. The van der Waals surface area contributed by atoms with Crippen molar-refractivity contribution in [1.82, 2.24) is 10.2 Å². The van der Waals surface area contributed by atoms with Crippen molar-refractivity contribution in [2.24, 2.45) is 0 Å². The molecule has 25 heavy (non-hydrogen) atoms. The normalized spacial score (nSPS) is 10.8. The zero-order valence-corrected chi connectivity index (χ0v) is 16.0. The Morgan fingerprint density at radius 2 is 1.84 bits per heavy atom. The van der Waals surface area contributed by atoms with E-state index in [0.29, 0.717) is 0 Å². The number of thiophene rings is 1. The second kappa shape index (κ2) is 8.78. The number of likely N-dealkylation sites (N-methyl/N-ethyl adjacent to an activating group) is 1. The summed E-state index contributed by atoms with van der Waals surface area (Å²) in [4.78, 5) is 27.2. The second-order valence-corrected chi connectivity index (χ2v) is 7.27. The highest BCUT2D eigenvalue weighted by atomic mass is 32.1. The zero-order chi connectivity index (χ0) is 18.4. The Kier molecular flexibility index (Phi) is 6.73. The molecule has 5 nitrogen and oxygen atoms in total. The van der Waals surface area contributed by atoms with Gasteiger partial charge in [0.25, 0.3) is 0 Å². The van der Waals surface area contributed by atoms with Gasteiger partial charge in [-0.3, -0.25) is 14.5 Å². The largest absolute Gasteiger partial charge is 0.346 e. The molecular weight excluding hydrogens is 334 g/mol. The van der Waals surface area contributed by atoms with Crippen molar-refractivity contribution in [2.45, 2.75) is 27.3 Å². The SMILES string of the molecule is Cc1ccsc1CN(C)CC(=O)NCC(=O)Nc1cccc(C)c1C. The number of anilines is 1. The summed E-state index contributed by atoms with van der Waals surface area (Å²) in [5, 5.41) is 7.56. The van der Waals surface area contributed by atoms with Gasteiger partial charge in [-0.1, -0.05) is 12.1 Å². The van der Waals surface area contributed by atoms with Crippen LogP contribution in [0.1, 0.15) is 21.6 Å². The topological polar surface area (TPSA) is 61.4 Å². The van der Waals surface area contributed by atoms with E-state index in [-0.39, 0.29) is 24.9 Å². The van der Waals surface area contributed by atoms with Gasteiger partial charge in [-0.15, -0.1) is 11.3 Å². The van der Waals surface area contributed by atoms with E-state index in [1.54, 1.807) is 11.3 Å². The van der Waals surface area contributed by atoms with Gasteiger partial charge >= 0.3 is 0 Å². The summed E-state index contributed by atoms with van der Waals surface area (Å²) >= 11 is 1.69. The lowest BCUT2D eigenvalue weighted by Crippen LogP contribution is -2.39. The van der Waals surface area contributed by atoms with E-state index in [1.807, 2.05) is 44.0 Å². The Morgan fingerprint density at radius 1 is 1.08 bits per heavy atom. The molecule has 0 radical (unpaired) electrons. The molecule has 0 unspecified atom stereocenters. The molecule has 1 heterocycles. The number of carbonyl (C=O) groups excluding carboxylic acids is 2. The minimum absolute atomic E-state index is 0.0297. The van der Waals surface area contributed by atoms with Gasteiger partial charge in [-0.2, -0.15) is 0 Å². The predicted molar refractivity (Wildman–Crippen MR) is 103 cm³/mol. The van der Waals surface area contributed by atoms with Crippen LogP contribution in [0.15, 0.2) is 29.6 Å². The zero-order valence-electron chi connectivity index (χ0n) is 15.2. The lowest BCUT2D eigenvalue weighted by Gasteiger charge is -2.16. The van der Waals surface area contributed by atoms with Crippen LogP contribution in [0.5, 0.6) is 0 Å². The number of rotatable bonds is 7. The molecule has 1 aromatic carbocycles. The summed E-state index contributed by atoms with van der Waals surface area (Å²) in [5.74, 6) is -0.383. The van der Waals surface area contributed by atoms with Crippen LogP contribution in [0.4, 0.5) is 5.69 Å². The fourth-order valence-corrected chi connectivity index (χ4v) is 3.41. The van der Waals surface area contributed by atoms with Crippen molar-refractivity contribution in [1.29, 1.82) is 0 Å². The van der Waals surface area contributed by atoms with Crippen molar-refractivity contribution < 1.29 is 9.59 Å². The second-order valence-electron chi connectivity index (χ2n) is 6.27. The van der Waals surface area contributed by atoms with Gasteiger partial charge in [0.1, 0.15) is 0 Å². The molecule has 6 heteroatoms. The van der Waals surface area contributed by atoms with E-state index in [9.17, 15) is 9.59 Å². The Labute approximate surface area is 153 Å². The minimum Gasteiger partial charge on any atom is -0.346 e. The molecular formula is C19H25N3O2S. The third kappa shape index (κ3) is 5.69. The lowest BCUT2D eigenvalue weighted by atomic mass is 10.1. The number of carbonyl (C=O) groups is 2. The van der Waals surface area contributed by atoms with E-state index < -0.39 is 0 Å². The molecule has 0 saturated heterocycles. The predicted octanol–water partition coefficient (Wildman–Crippen LogP) is 2.86. The highest BCUT2D eigenvalue weighted by Gasteiger charge is 2.11. The average molecular weight is 359 g/mol. The summed E-state index contributed by atoms with van der Waals surface area (Å²) in [7, 11) is 1.90. The van der Waals surface area contributed by atoms with Gasteiger partial charge in [0.15, 0.2) is 0 Å². The van der Waals surface area contributed by atoms with Crippen molar-refractivity contribution in [3.63, 3.8) is 0 Å². The molecule has 0 aliphatic rings. The Bertz CT molecular complexity index is 755. The summed E-state index contributed by atoms with van der Waals surface area (Å²) in [6.45, 7) is 6.98. The van der Waals surface area contributed by atoms with Gasteiger partial charge in [0, 0.05) is 17.1 Å². The van der Waals surface area contributed by atoms with E-state index >= 15 is 0 Å². The highest BCUT2D eigenvalue weighted by Crippen LogP contribution is 2.18. The highest BCUT2D eigenvalue weighted by molar-refractivity contribution is 7.10. The number of nitrogens with zero attached hydrogens (tertiary/aromatic N) is 1. The van der Waals surface area contributed by atoms with Gasteiger partial charge in [0.05, 0.1) is 13.1 Å². The number of aryl methyl sites for hydroxylation is 2. The number of nitrogens with one attached hydrogen (secondary N) is 2. The Hall–Kier alpha value is -2.18. The molecule has 0 fully saturated rings. The van der Waals surface area contributed by atoms with E-state index in [4.69, 9.17) is 0 Å². The smallest absolute Gasteiger partial charge is 0.243 e. The van der Waals surface area contributed by atoms with Crippen molar-refractivity contribution in [3.8, 4) is 0 Å². The maximum absolute atomic E-state index is 12.0. The molecule has 0 aliphatic heterocycles. The summed E-state index contributed by atoms with van der Waals surface area (Å²) in [6, 6.07) is 7.83. The first-order valence-corrected chi connectivity index (χ1v) is 9.09. The minimum atomic E-state index is -0.223. The van der Waals surface area contributed by atoms with E-state index in [2.05, 4.69) is 29.0 Å². The van der Waals surface area contributed by atoms with Gasteiger partial charge in [0.2, 0.25) is 11.8 Å². The number of amides is 2. The van der Waals surface area contributed by atoms with Crippen LogP contribution >= 0.6 is 11.3 Å². The van der Waals surface area contributed by atoms with Crippen molar-refractivity contribution in [2.75, 3.05) is 25.5 Å². The summed E-state index contributed by atoms with van der Waals surface area (Å²) in [6.07, 6.45) is 0. The molecule has 2 rings (SSSR count). The third-order valence-electron chi connectivity index (χ3n) is 4.12. The molecule has 0 atom stereocenters. The maximum Gasteiger partial charge on any atom is 0.243 e. The first-order chi connectivity index (χ1) is 11.9. The molecule has 2 aromatic rings. The van der Waals surface area contributed by atoms with Crippen LogP contribution in [0, 0.1) is 20.8 Å². The van der Waals surface area contributed by atoms with Crippen molar-refractivity contribution in [3.05, 3.63) is 51.2 Å². The molecule has 1 aromatic heterocycles. The molecule has 2 N–H and O–H groups in total. The standard InChI is InChI=1S/C19H25N3O2S/c1-13-6-5-7-16(15(13)3)21-18(23)10-20-19(24)12-22(4)11-17-14(2)8-9-25-17/h5-9H,10-12H2,1-4H3,(H,20,24)(H,21,23). The Balaban J connectivity index is 1.76. The van der Waals surface area contributed by atoms with Gasteiger partial charge < -0.3 is 10.6 Å². The van der Waals surface area contributed by atoms with Crippen LogP contribution in [-0.2, 0) is 16.1 Å². The van der Waals surface area contributed by atoms with E-state index in [0.717, 1.165) is 23.4 Å². The first kappa shape index (κ1) is 19.1. The molecule has 134 valence electrons. The summed E-state index contributed by atoms with van der Waals surface area (Å²) in [5.41, 5.74) is 4.18. The Morgan fingerprint density at radius 3 is 2.52 bits per heavy atom. The fourth-order valence-electron chi connectivity index (χ4n) is 2.43. The third-order valence-corrected chi connectivity index (χ3v) is 5.13. The van der Waals surface area contributed by atoms with Crippen LogP contribution in [0.2, 0.25) is 0 Å². The monoisotopic (exact) mass is 359 g/mol. The van der Waals surface area contributed by atoms with Crippen molar-refractivity contribution >= 4 is 28.8 Å². The number of hydrogen-bond donors (Lipinski definition) is 2. The van der Waals surface area contributed by atoms with Gasteiger partial charge in [-0.25, -0.2) is 0 Å². The summed E-state index contributed by atoms with van der Waals surface area (Å²) < 4.78 is 0. The number of hydrogen-bond acceptors (Lipinski definition) is 4. The molecule has 0 aliphatic carbocycles.